The number of rotatable bonds is 11. The van der Waals surface area contributed by atoms with Gasteiger partial charge in [0.2, 0.25) is 6.41 Å². The molecule has 0 aromatic heterocycles. The van der Waals surface area contributed by atoms with Gasteiger partial charge in [-0.3, -0.25) is 4.79 Å². The molecular weight excluding hydrogens is 270 g/mol. The van der Waals surface area contributed by atoms with E-state index in [-0.39, 0.29) is 0 Å². The van der Waals surface area contributed by atoms with Gasteiger partial charge in [-0.1, -0.05) is 69.9 Å². The first-order chi connectivity index (χ1) is 10.5. The van der Waals surface area contributed by atoms with Crippen LogP contribution in [-0.4, -0.2) is 17.9 Å². The number of unbranched alkanes of at least 4 members (excludes halogenated alkanes) is 1. The molecule has 22 heavy (non-hydrogen) atoms. The van der Waals surface area contributed by atoms with Gasteiger partial charge in [0.15, 0.2) is 0 Å². The Morgan fingerprint density at radius 2 is 1.73 bits per heavy atom. The van der Waals surface area contributed by atoms with Crippen molar-refractivity contribution in [3.05, 3.63) is 35.4 Å². The molecule has 1 rings (SSSR count). The molecule has 0 N–H and O–H groups in total. The predicted molar refractivity (Wildman–Crippen MR) is 94.8 cm³/mol. The number of carbonyl (C=O) groups is 1. The van der Waals surface area contributed by atoms with Gasteiger partial charge in [0.1, 0.15) is 0 Å². The van der Waals surface area contributed by atoms with E-state index in [4.69, 9.17) is 0 Å². The number of benzene rings is 1. The van der Waals surface area contributed by atoms with Crippen molar-refractivity contribution < 1.29 is 4.79 Å². The van der Waals surface area contributed by atoms with Gasteiger partial charge in [0, 0.05) is 13.1 Å². The highest BCUT2D eigenvalue weighted by atomic mass is 16.1. The molecule has 1 aromatic carbocycles. The molecule has 1 amide bonds. The Hall–Kier alpha value is -1.31. The van der Waals surface area contributed by atoms with E-state index < -0.39 is 0 Å². The van der Waals surface area contributed by atoms with Gasteiger partial charge in [-0.05, 0) is 37.2 Å². The zero-order valence-electron chi connectivity index (χ0n) is 14.9. The summed E-state index contributed by atoms with van der Waals surface area (Å²) in [6.07, 6.45) is 8.39. The van der Waals surface area contributed by atoms with Crippen molar-refractivity contribution in [2.24, 2.45) is 5.41 Å². The molecule has 1 unspecified atom stereocenters. The fourth-order valence-electron chi connectivity index (χ4n) is 3.09. The highest BCUT2D eigenvalue weighted by molar-refractivity contribution is 5.47. The molecule has 0 aliphatic carbocycles. The van der Waals surface area contributed by atoms with Gasteiger partial charge >= 0.3 is 0 Å². The van der Waals surface area contributed by atoms with Gasteiger partial charge in [-0.2, -0.15) is 0 Å². The van der Waals surface area contributed by atoms with E-state index in [2.05, 4.69) is 52.0 Å². The van der Waals surface area contributed by atoms with Crippen LogP contribution in [0.5, 0.6) is 0 Å². The maximum atomic E-state index is 11.4. The lowest BCUT2D eigenvalue weighted by Crippen LogP contribution is -2.28. The maximum absolute atomic E-state index is 11.4. The molecule has 2 heteroatoms. The lowest BCUT2D eigenvalue weighted by atomic mass is 9.78. The number of hydrogen-bond donors (Lipinski definition) is 0. The van der Waals surface area contributed by atoms with E-state index in [1.54, 1.807) is 0 Å². The van der Waals surface area contributed by atoms with E-state index in [0.29, 0.717) is 5.41 Å². The molecular formula is C20H33NO. The molecule has 1 aromatic rings. The lowest BCUT2D eigenvalue weighted by molar-refractivity contribution is -0.119. The van der Waals surface area contributed by atoms with Crippen LogP contribution in [0, 0.1) is 12.3 Å². The van der Waals surface area contributed by atoms with Gasteiger partial charge in [0.25, 0.3) is 0 Å². The molecule has 0 heterocycles. The summed E-state index contributed by atoms with van der Waals surface area (Å²) in [6, 6.07) is 8.46. The summed E-state index contributed by atoms with van der Waals surface area (Å²) < 4.78 is 0. The Labute approximate surface area is 136 Å². The lowest BCUT2D eigenvalue weighted by Gasteiger charge is -2.31. The third-order valence-corrected chi connectivity index (χ3v) is 4.65. The van der Waals surface area contributed by atoms with Crippen molar-refractivity contribution in [3.8, 4) is 0 Å². The van der Waals surface area contributed by atoms with Crippen molar-refractivity contribution in [2.75, 3.05) is 6.54 Å². The first-order valence-corrected chi connectivity index (χ1v) is 8.78. The minimum atomic E-state index is 0.374. The maximum Gasteiger partial charge on any atom is 0.210 e. The Kier molecular flexibility index (Phi) is 8.22. The van der Waals surface area contributed by atoms with Crippen LogP contribution in [-0.2, 0) is 11.3 Å². The molecule has 124 valence electrons. The number of amides is 1. The predicted octanol–water partition coefficient (Wildman–Crippen LogP) is 5.34. The average molecular weight is 303 g/mol. The number of aryl methyl sites for hydroxylation is 1. The fraction of sp³-hybridized carbons (Fsp3) is 0.650. The summed E-state index contributed by atoms with van der Waals surface area (Å²) >= 11 is 0. The van der Waals surface area contributed by atoms with Crippen LogP contribution in [0.4, 0.5) is 0 Å². The standard InChI is InChI=1S/C20H33NO/c1-5-7-13-20(4,12-6-2)14-15-21(17-22)16-19-10-8-18(3)9-11-19/h8-11,17H,5-7,12-16H2,1-4H3. The molecule has 0 fully saturated rings. The largest absolute Gasteiger partial charge is 0.341 e. The molecule has 0 radical (unpaired) electrons. The van der Waals surface area contributed by atoms with Gasteiger partial charge in [-0.25, -0.2) is 0 Å². The number of nitrogens with zero attached hydrogens (tertiary/aromatic N) is 1. The smallest absolute Gasteiger partial charge is 0.210 e. The molecule has 0 spiro atoms. The number of carbonyl (C=O) groups excluding carboxylic acids is 1. The zero-order chi connectivity index (χ0) is 16.4. The van der Waals surface area contributed by atoms with E-state index in [1.165, 1.54) is 43.2 Å². The first-order valence-electron chi connectivity index (χ1n) is 8.78. The van der Waals surface area contributed by atoms with Crippen LogP contribution >= 0.6 is 0 Å². The molecule has 1 atom stereocenters. The second kappa shape index (κ2) is 9.66. The van der Waals surface area contributed by atoms with E-state index in [1.807, 2.05) is 4.90 Å². The second-order valence-corrected chi connectivity index (χ2v) is 6.98. The van der Waals surface area contributed by atoms with Crippen molar-refractivity contribution >= 4 is 6.41 Å². The van der Waals surface area contributed by atoms with Crippen LogP contribution in [0.15, 0.2) is 24.3 Å². The minimum Gasteiger partial charge on any atom is -0.341 e. The molecule has 0 aliphatic rings. The van der Waals surface area contributed by atoms with Crippen LogP contribution < -0.4 is 0 Å². The van der Waals surface area contributed by atoms with Crippen molar-refractivity contribution in [1.82, 2.24) is 4.90 Å². The topological polar surface area (TPSA) is 20.3 Å². The second-order valence-electron chi connectivity index (χ2n) is 6.98. The van der Waals surface area contributed by atoms with Gasteiger partial charge in [0.05, 0.1) is 0 Å². The Balaban J connectivity index is 2.56. The molecule has 0 aliphatic heterocycles. The highest BCUT2D eigenvalue weighted by Crippen LogP contribution is 2.33. The minimum absolute atomic E-state index is 0.374. The van der Waals surface area contributed by atoms with E-state index >= 15 is 0 Å². The van der Waals surface area contributed by atoms with Crippen LogP contribution in [0.25, 0.3) is 0 Å². The molecule has 0 bridgehead atoms. The number of hydrogen-bond acceptors (Lipinski definition) is 1. The summed E-state index contributed by atoms with van der Waals surface area (Å²) in [5.74, 6) is 0. The summed E-state index contributed by atoms with van der Waals surface area (Å²) in [5.41, 5.74) is 2.85. The third kappa shape index (κ3) is 6.64. The zero-order valence-corrected chi connectivity index (χ0v) is 14.9. The monoisotopic (exact) mass is 303 g/mol. The first kappa shape index (κ1) is 18.7. The van der Waals surface area contributed by atoms with E-state index in [9.17, 15) is 4.79 Å². The Bertz CT molecular complexity index is 426. The SMILES string of the molecule is CCCCC(C)(CCC)CCN(C=O)Cc1ccc(C)cc1. The normalized spacial score (nSPS) is 13.6. The van der Waals surface area contributed by atoms with Crippen LogP contribution in [0.2, 0.25) is 0 Å². The molecule has 0 saturated heterocycles. The van der Waals surface area contributed by atoms with Crippen LogP contribution in [0.1, 0.15) is 70.4 Å². The third-order valence-electron chi connectivity index (χ3n) is 4.65. The Morgan fingerprint density at radius 3 is 2.27 bits per heavy atom. The quantitative estimate of drug-likeness (QED) is 0.505. The Morgan fingerprint density at radius 1 is 1.05 bits per heavy atom. The van der Waals surface area contributed by atoms with Gasteiger partial charge < -0.3 is 4.90 Å². The fourth-order valence-corrected chi connectivity index (χ4v) is 3.09. The molecule has 2 nitrogen and oxygen atoms in total. The van der Waals surface area contributed by atoms with Gasteiger partial charge in [-0.15, -0.1) is 0 Å². The molecule has 0 saturated carbocycles. The van der Waals surface area contributed by atoms with Crippen molar-refractivity contribution in [3.63, 3.8) is 0 Å². The summed E-state index contributed by atoms with van der Waals surface area (Å²) in [5, 5.41) is 0. The summed E-state index contributed by atoms with van der Waals surface area (Å²) in [7, 11) is 0. The summed E-state index contributed by atoms with van der Waals surface area (Å²) in [6.45, 7) is 10.6. The van der Waals surface area contributed by atoms with Crippen molar-refractivity contribution in [1.29, 1.82) is 0 Å². The summed E-state index contributed by atoms with van der Waals surface area (Å²) in [4.78, 5) is 13.3. The van der Waals surface area contributed by atoms with Crippen LogP contribution in [0.3, 0.4) is 0 Å². The highest BCUT2D eigenvalue weighted by Gasteiger charge is 2.23. The van der Waals surface area contributed by atoms with E-state index in [0.717, 1.165) is 25.9 Å². The average Bonchev–Trinajstić information content (AvgIpc) is 2.52. The van der Waals surface area contributed by atoms with Crippen molar-refractivity contribution in [2.45, 2.75) is 72.8 Å².